The van der Waals surface area contributed by atoms with Gasteiger partial charge >= 0.3 is 17.9 Å². The normalized spacial score (nSPS) is 12.3. The van der Waals surface area contributed by atoms with Crippen LogP contribution in [0.25, 0.3) is 0 Å². The van der Waals surface area contributed by atoms with E-state index in [2.05, 4.69) is 69.4 Å². The fourth-order valence-corrected chi connectivity index (χ4v) is 9.50. The maximum atomic E-state index is 12.9. The largest absolute Gasteiger partial charge is 0.462 e. The molecule has 73 heavy (non-hydrogen) atoms. The lowest BCUT2D eigenvalue weighted by atomic mass is 10.0. The topological polar surface area (TPSA) is 78.9 Å². The monoisotopic (exact) mass is 1020 g/mol. The predicted octanol–water partition coefficient (Wildman–Crippen LogP) is 21.8. The Hall–Kier alpha value is -2.63. The Morgan fingerprint density at radius 3 is 0.822 bits per heavy atom. The maximum Gasteiger partial charge on any atom is 0.306 e. The first-order valence-corrected chi connectivity index (χ1v) is 32.1. The molecule has 426 valence electrons. The molecule has 0 aromatic heterocycles. The van der Waals surface area contributed by atoms with Gasteiger partial charge in [-0.15, -0.1) is 0 Å². The van der Waals surface area contributed by atoms with Crippen LogP contribution < -0.4 is 0 Å². The Morgan fingerprint density at radius 1 is 0.274 bits per heavy atom. The number of unbranched alkanes of at least 4 members (excludes halogenated alkanes) is 40. The van der Waals surface area contributed by atoms with Crippen molar-refractivity contribution in [2.45, 2.75) is 348 Å². The summed E-state index contributed by atoms with van der Waals surface area (Å²) in [5, 5.41) is 0. The van der Waals surface area contributed by atoms with E-state index >= 15 is 0 Å². The number of allylic oxidation sites excluding steroid dienone is 8. The zero-order chi connectivity index (χ0) is 52.9. The molecule has 0 radical (unpaired) electrons. The van der Waals surface area contributed by atoms with E-state index in [4.69, 9.17) is 14.2 Å². The molecule has 0 rings (SSSR count). The van der Waals surface area contributed by atoms with E-state index in [9.17, 15) is 14.4 Å². The van der Waals surface area contributed by atoms with Crippen LogP contribution >= 0.6 is 0 Å². The van der Waals surface area contributed by atoms with Crippen LogP contribution in [0, 0.1) is 0 Å². The van der Waals surface area contributed by atoms with Gasteiger partial charge in [-0.25, -0.2) is 0 Å². The summed E-state index contributed by atoms with van der Waals surface area (Å²) in [6.45, 7) is 6.63. The van der Waals surface area contributed by atoms with Crippen LogP contribution in [0.3, 0.4) is 0 Å². The molecule has 0 bridgehead atoms. The third-order valence-electron chi connectivity index (χ3n) is 14.3. The van der Waals surface area contributed by atoms with Gasteiger partial charge in [-0.2, -0.15) is 0 Å². The van der Waals surface area contributed by atoms with Gasteiger partial charge in [-0.3, -0.25) is 14.4 Å². The summed E-state index contributed by atoms with van der Waals surface area (Å²) >= 11 is 0. The lowest BCUT2D eigenvalue weighted by Gasteiger charge is -2.18. The van der Waals surface area contributed by atoms with Gasteiger partial charge in [0.15, 0.2) is 6.10 Å². The summed E-state index contributed by atoms with van der Waals surface area (Å²) in [6, 6.07) is 0. The third-order valence-corrected chi connectivity index (χ3v) is 14.3. The van der Waals surface area contributed by atoms with E-state index in [0.717, 1.165) is 64.2 Å². The van der Waals surface area contributed by atoms with Crippen molar-refractivity contribution in [3.63, 3.8) is 0 Å². The molecule has 0 saturated carbocycles. The third kappa shape index (κ3) is 60.1. The smallest absolute Gasteiger partial charge is 0.306 e. The summed E-state index contributed by atoms with van der Waals surface area (Å²) in [5.74, 6) is -0.920. The van der Waals surface area contributed by atoms with Gasteiger partial charge in [0, 0.05) is 19.3 Å². The number of esters is 3. The molecule has 0 spiro atoms. The molecule has 0 fully saturated rings. The molecule has 6 nitrogen and oxygen atoms in total. The quantitative estimate of drug-likeness (QED) is 0.0261. The van der Waals surface area contributed by atoms with Gasteiger partial charge in [0.25, 0.3) is 0 Å². The van der Waals surface area contributed by atoms with Crippen LogP contribution in [0.2, 0.25) is 0 Å². The van der Waals surface area contributed by atoms with Crippen molar-refractivity contribution in [2.24, 2.45) is 0 Å². The maximum absolute atomic E-state index is 12.9. The van der Waals surface area contributed by atoms with Crippen LogP contribution in [-0.2, 0) is 28.6 Å². The molecule has 0 aliphatic carbocycles. The average molecular weight is 1020 g/mol. The molecular weight excluding hydrogens is 901 g/mol. The predicted molar refractivity (Wildman–Crippen MR) is 316 cm³/mol. The van der Waals surface area contributed by atoms with Gasteiger partial charge in [0.1, 0.15) is 13.2 Å². The minimum Gasteiger partial charge on any atom is -0.462 e. The van der Waals surface area contributed by atoms with E-state index < -0.39 is 6.10 Å². The van der Waals surface area contributed by atoms with Crippen LogP contribution in [0.5, 0.6) is 0 Å². The number of rotatable bonds is 59. The van der Waals surface area contributed by atoms with Crippen molar-refractivity contribution in [1.29, 1.82) is 0 Å². The molecular formula is C67H122O6. The van der Waals surface area contributed by atoms with Crippen molar-refractivity contribution in [1.82, 2.24) is 0 Å². The molecule has 0 N–H and O–H groups in total. The second kappa shape index (κ2) is 61.9. The second-order valence-corrected chi connectivity index (χ2v) is 21.7. The molecule has 0 saturated heterocycles. The summed E-state index contributed by atoms with van der Waals surface area (Å²) in [7, 11) is 0. The second-order valence-electron chi connectivity index (χ2n) is 21.7. The van der Waals surface area contributed by atoms with Crippen LogP contribution in [0.15, 0.2) is 48.6 Å². The molecule has 0 unspecified atom stereocenters. The Morgan fingerprint density at radius 2 is 0.507 bits per heavy atom. The van der Waals surface area contributed by atoms with Crippen LogP contribution in [0.4, 0.5) is 0 Å². The SMILES string of the molecule is CCCCC/C=C/C/C=C/C/C=C/C/C=C/CCCC(=O)OC[C@H](COC(=O)CCCCCCCCCCCCCCCCCCCCC)OC(=O)CCCCCCCCCCCCCCCCCCCCC. The zero-order valence-corrected chi connectivity index (χ0v) is 48.9. The Kier molecular flexibility index (Phi) is 59.7. The van der Waals surface area contributed by atoms with E-state index in [-0.39, 0.29) is 37.5 Å². The van der Waals surface area contributed by atoms with Crippen molar-refractivity contribution in [2.75, 3.05) is 13.2 Å². The summed E-state index contributed by atoms with van der Waals surface area (Å²) in [4.78, 5) is 38.3. The number of ether oxygens (including phenoxy) is 3. The summed E-state index contributed by atoms with van der Waals surface area (Å²) in [6.07, 6.45) is 76.9. The van der Waals surface area contributed by atoms with Gasteiger partial charge in [-0.05, 0) is 57.8 Å². The standard InChI is InChI=1S/C67H122O6/c1-4-7-10-13-16-19-22-25-28-31-33-36-39-42-45-48-51-54-57-60-66(69)72-63-64(62-71-65(68)59-56-53-50-47-44-41-38-35-30-27-24-21-18-15-12-9-6-3)73-67(70)61-58-55-52-49-46-43-40-37-34-32-29-26-23-20-17-14-11-8-5-2/h18,21,27,30,38,41,47,50,64H,4-17,19-20,22-26,28-29,31-37,39-40,42-46,48-49,51-63H2,1-3H3/b21-18+,30-27+,41-38+,50-47+/t64-/m1/s1. The molecule has 0 aliphatic heterocycles. The van der Waals surface area contributed by atoms with Gasteiger partial charge < -0.3 is 14.2 Å². The summed E-state index contributed by atoms with van der Waals surface area (Å²) < 4.78 is 16.9. The first kappa shape index (κ1) is 70.4. The number of hydrogen-bond acceptors (Lipinski definition) is 6. The van der Waals surface area contributed by atoms with Crippen LogP contribution in [-0.4, -0.2) is 37.2 Å². The fourth-order valence-electron chi connectivity index (χ4n) is 9.50. The number of hydrogen-bond donors (Lipinski definition) is 0. The van der Waals surface area contributed by atoms with E-state index in [1.807, 2.05) is 0 Å². The zero-order valence-electron chi connectivity index (χ0n) is 48.9. The first-order valence-electron chi connectivity index (χ1n) is 32.1. The highest BCUT2D eigenvalue weighted by atomic mass is 16.6. The highest BCUT2D eigenvalue weighted by molar-refractivity contribution is 5.71. The molecule has 0 aromatic carbocycles. The fraction of sp³-hybridized carbons (Fsp3) is 0.836. The molecule has 1 atom stereocenters. The highest BCUT2D eigenvalue weighted by Gasteiger charge is 2.19. The Balaban J connectivity index is 4.39. The summed E-state index contributed by atoms with van der Waals surface area (Å²) in [5.41, 5.74) is 0. The van der Waals surface area contributed by atoms with E-state index in [1.54, 1.807) is 0 Å². The molecule has 0 heterocycles. The van der Waals surface area contributed by atoms with Crippen molar-refractivity contribution in [3.8, 4) is 0 Å². The molecule has 0 aromatic rings. The van der Waals surface area contributed by atoms with Gasteiger partial charge in [0.2, 0.25) is 0 Å². The van der Waals surface area contributed by atoms with Crippen molar-refractivity contribution in [3.05, 3.63) is 48.6 Å². The van der Waals surface area contributed by atoms with Crippen molar-refractivity contribution < 1.29 is 28.6 Å². The van der Waals surface area contributed by atoms with E-state index in [1.165, 1.54) is 231 Å². The Bertz CT molecular complexity index is 1270. The molecule has 0 aliphatic rings. The van der Waals surface area contributed by atoms with Crippen LogP contribution in [0.1, 0.15) is 342 Å². The Labute approximate surface area is 454 Å². The lowest BCUT2D eigenvalue weighted by molar-refractivity contribution is -0.167. The van der Waals surface area contributed by atoms with Crippen molar-refractivity contribution >= 4 is 17.9 Å². The number of carbonyl (C=O) groups excluding carboxylic acids is 3. The highest BCUT2D eigenvalue weighted by Crippen LogP contribution is 2.18. The molecule has 6 heteroatoms. The van der Waals surface area contributed by atoms with Gasteiger partial charge in [-0.1, -0.05) is 313 Å². The molecule has 0 amide bonds. The van der Waals surface area contributed by atoms with E-state index in [0.29, 0.717) is 19.3 Å². The minimum absolute atomic E-state index is 0.0849. The van der Waals surface area contributed by atoms with Gasteiger partial charge in [0.05, 0.1) is 0 Å². The average Bonchev–Trinajstić information content (AvgIpc) is 3.39. The lowest BCUT2D eigenvalue weighted by Crippen LogP contribution is -2.30. The minimum atomic E-state index is -0.792. The number of carbonyl (C=O) groups is 3. The first-order chi connectivity index (χ1) is 36.0.